The van der Waals surface area contributed by atoms with Gasteiger partial charge < -0.3 is 11.1 Å². The van der Waals surface area contributed by atoms with Crippen molar-refractivity contribution in [3.8, 4) is 0 Å². The minimum absolute atomic E-state index is 0.217. The molecule has 0 unspecified atom stereocenters. The zero-order chi connectivity index (χ0) is 9.14. The quantitative estimate of drug-likeness (QED) is 0.378. The SMILES string of the molecule is Cc1nc(Cl)nc(NCI)c1N. The highest BCUT2D eigenvalue weighted by Crippen LogP contribution is 2.20. The second kappa shape index (κ2) is 4.08. The minimum Gasteiger partial charge on any atom is -0.394 e. The summed E-state index contributed by atoms with van der Waals surface area (Å²) in [5.41, 5.74) is 6.94. The average Bonchev–Trinajstić information content (AvgIpc) is 2.00. The Morgan fingerprint density at radius 3 is 2.83 bits per heavy atom. The van der Waals surface area contributed by atoms with E-state index in [0.717, 1.165) is 4.55 Å². The molecule has 66 valence electrons. The van der Waals surface area contributed by atoms with Gasteiger partial charge in [0, 0.05) is 0 Å². The molecule has 1 rings (SSSR count). The zero-order valence-corrected chi connectivity index (χ0v) is 9.35. The van der Waals surface area contributed by atoms with E-state index < -0.39 is 0 Å². The van der Waals surface area contributed by atoms with Gasteiger partial charge in [-0.1, -0.05) is 22.6 Å². The molecule has 0 aromatic carbocycles. The van der Waals surface area contributed by atoms with Crippen molar-refractivity contribution in [2.24, 2.45) is 0 Å². The monoisotopic (exact) mass is 298 g/mol. The van der Waals surface area contributed by atoms with Crippen molar-refractivity contribution < 1.29 is 0 Å². The fraction of sp³-hybridized carbons (Fsp3) is 0.333. The summed E-state index contributed by atoms with van der Waals surface area (Å²) in [6.07, 6.45) is 0. The van der Waals surface area contributed by atoms with E-state index in [1.54, 1.807) is 6.92 Å². The predicted molar refractivity (Wildman–Crippen MR) is 58.7 cm³/mol. The molecule has 0 spiro atoms. The molecule has 4 nitrogen and oxygen atoms in total. The molecule has 0 saturated heterocycles. The first-order valence-electron chi connectivity index (χ1n) is 3.24. The largest absolute Gasteiger partial charge is 0.394 e. The van der Waals surface area contributed by atoms with Gasteiger partial charge in [0.15, 0.2) is 5.82 Å². The Bertz CT molecular complexity index is 291. The van der Waals surface area contributed by atoms with E-state index in [4.69, 9.17) is 17.3 Å². The van der Waals surface area contributed by atoms with Crippen LogP contribution in [0.5, 0.6) is 0 Å². The van der Waals surface area contributed by atoms with Gasteiger partial charge in [0.2, 0.25) is 5.28 Å². The predicted octanol–water partition coefficient (Wildman–Crippen LogP) is 1.83. The summed E-state index contributed by atoms with van der Waals surface area (Å²) < 4.78 is 0.731. The van der Waals surface area contributed by atoms with Crippen LogP contribution in [0.1, 0.15) is 5.69 Å². The number of rotatable bonds is 2. The van der Waals surface area contributed by atoms with Gasteiger partial charge >= 0.3 is 0 Å². The van der Waals surface area contributed by atoms with Crippen molar-refractivity contribution in [1.29, 1.82) is 0 Å². The van der Waals surface area contributed by atoms with E-state index in [0.29, 0.717) is 17.2 Å². The van der Waals surface area contributed by atoms with Crippen LogP contribution in [0.3, 0.4) is 0 Å². The summed E-state index contributed by atoms with van der Waals surface area (Å²) in [6, 6.07) is 0. The van der Waals surface area contributed by atoms with Crippen molar-refractivity contribution in [3.63, 3.8) is 0 Å². The molecule has 0 atom stereocenters. The molecule has 0 aliphatic heterocycles. The first-order valence-corrected chi connectivity index (χ1v) is 5.15. The third kappa shape index (κ3) is 2.10. The molecule has 1 aromatic heterocycles. The molecule has 0 amide bonds. The molecule has 1 heterocycles. The number of hydrogen-bond donors (Lipinski definition) is 2. The first-order chi connectivity index (χ1) is 5.65. The molecule has 1 aromatic rings. The van der Waals surface area contributed by atoms with E-state index >= 15 is 0 Å². The highest BCUT2D eigenvalue weighted by Gasteiger charge is 2.05. The van der Waals surface area contributed by atoms with E-state index in [9.17, 15) is 0 Å². The van der Waals surface area contributed by atoms with Crippen molar-refractivity contribution in [1.82, 2.24) is 9.97 Å². The maximum atomic E-state index is 5.69. The van der Waals surface area contributed by atoms with Gasteiger partial charge in [-0.3, -0.25) is 0 Å². The topological polar surface area (TPSA) is 63.8 Å². The van der Waals surface area contributed by atoms with Crippen molar-refractivity contribution in [2.45, 2.75) is 6.92 Å². The van der Waals surface area contributed by atoms with Crippen molar-refractivity contribution in [3.05, 3.63) is 11.0 Å². The summed E-state index contributed by atoms with van der Waals surface area (Å²) in [4.78, 5) is 7.84. The van der Waals surface area contributed by atoms with Gasteiger partial charge in [-0.25, -0.2) is 4.98 Å². The summed E-state index contributed by atoms with van der Waals surface area (Å²) in [7, 11) is 0. The third-order valence-electron chi connectivity index (χ3n) is 1.34. The Morgan fingerprint density at radius 1 is 1.58 bits per heavy atom. The maximum Gasteiger partial charge on any atom is 0.224 e. The Labute approximate surface area is 89.1 Å². The lowest BCUT2D eigenvalue weighted by Crippen LogP contribution is -2.05. The van der Waals surface area contributed by atoms with Crippen LogP contribution in [0, 0.1) is 6.92 Å². The molecule has 12 heavy (non-hydrogen) atoms. The number of alkyl halides is 1. The molecule has 6 heteroatoms. The normalized spacial score (nSPS) is 9.92. The Hall–Kier alpha value is -0.300. The number of aromatic nitrogens is 2. The van der Waals surface area contributed by atoms with E-state index in [2.05, 4.69) is 37.9 Å². The molecule has 0 saturated carbocycles. The van der Waals surface area contributed by atoms with Crippen LogP contribution < -0.4 is 11.1 Å². The summed E-state index contributed by atoms with van der Waals surface area (Å²) in [6.45, 7) is 1.79. The lowest BCUT2D eigenvalue weighted by molar-refractivity contribution is 1.10. The molecular formula is C6H8ClIN4. The lowest BCUT2D eigenvalue weighted by Gasteiger charge is -2.06. The molecule has 3 N–H and O–H groups in total. The fourth-order valence-corrected chi connectivity index (χ4v) is 1.32. The fourth-order valence-electron chi connectivity index (χ4n) is 0.745. The lowest BCUT2D eigenvalue weighted by atomic mass is 10.3. The number of nitrogens with one attached hydrogen (secondary N) is 1. The van der Waals surface area contributed by atoms with Gasteiger partial charge in [0.1, 0.15) is 0 Å². The maximum absolute atomic E-state index is 5.69. The highest BCUT2D eigenvalue weighted by molar-refractivity contribution is 14.1. The number of aryl methyl sites for hydroxylation is 1. The van der Waals surface area contributed by atoms with Crippen LogP contribution in [0.4, 0.5) is 11.5 Å². The zero-order valence-electron chi connectivity index (χ0n) is 6.43. The standard InChI is InChI=1S/C6H8ClIN4/c1-3-4(9)5(10-2-8)12-6(7)11-3/h2,9H2,1H3,(H,10,11,12). The first kappa shape index (κ1) is 9.79. The van der Waals surface area contributed by atoms with Gasteiger partial charge in [-0.2, -0.15) is 4.98 Å². The third-order valence-corrected chi connectivity index (χ3v) is 1.89. The van der Waals surface area contributed by atoms with Gasteiger partial charge in [0.25, 0.3) is 0 Å². The second-order valence-corrected chi connectivity index (χ2v) is 3.25. The van der Waals surface area contributed by atoms with Crippen LogP contribution in [0.2, 0.25) is 5.28 Å². The Morgan fingerprint density at radius 2 is 2.25 bits per heavy atom. The number of halogens is 2. The van der Waals surface area contributed by atoms with Crippen LogP contribution >= 0.6 is 34.2 Å². The Kier molecular flexibility index (Phi) is 3.33. The average molecular weight is 299 g/mol. The Balaban J connectivity index is 3.09. The van der Waals surface area contributed by atoms with E-state index in [-0.39, 0.29) is 5.28 Å². The van der Waals surface area contributed by atoms with Crippen LogP contribution in [0.15, 0.2) is 0 Å². The number of nitrogens with two attached hydrogens (primary N) is 1. The highest BCUT2D eigenvalue weighted by atomic mass is 127. The van der Waals surface area contributed by atoms with Gasteiger partial charge in [-0.15, -0.1) is 0 Å². The number of anilines is 2. The molecule has 0 fully saturated rings. The number of nitrogen functional groups attached to an aromatic ring is 1. The van der Waals surface area contributed by atoms with E-state index in [1.165, 1.54) is 0 Å². The number of nitrogens with zero attached hydrogens (tertiary/aromatic N) is 2. The molecule has 0 aliphatic rings. The van der Waals surface area contributed by atoms with Crippen LogP contribution in [-0.2, 0) is 0 Å². The summed E-state index contributed by atoms with van der Waals surface area (Å²) in [5.74, 6) is 0.599. The second-order valence-electron chi connectivity index (χ2n) is 2.15. The van der Waals surface area contributed by atoms with Gasteiger partial charge in [-0.05, 0) is 18.5 Å². The number of hydrogen-bond acceptors (Lipinski definition) is 4. The van der Waals surface area contributed by atoms with Crippen molar-refractivity contribution in [2.75, 3.05) is 15.6 Å². The summed E-state index contributed by atoms with van der Waals surface area (Å²) >= 11 is 7.80. The molecule has 0 aliphatic carbocycles. The van der Waals surface area contributed by atoms with Crippen molar-refractivity contribution >= 4 is 45.7 Å². The minimum atomic E-state index is 0.217. The van der Waals surface area contributed by atoms with Gasteiger partial charge in [0.05, 0.1) is 15.9 Å². The summed E-state index contributed by atoms with van der Waals surface area (Å²) in [5, 5.41) is 3.20. The van der Waals surface area contributed by atoms with Crippen LogP contribution in [0.25, 0.3) is 0 Å². The smallest absolute Gasteiger partial charge is 0.224 e. The molecule has 0 bridgehead atoms. The molecule has 0 radical (unpaired) electrons. The van der Waals surface area contributed by atoms with E-state index in [1.807, 2.05) is 0 Å². The van der Waals surface area contributed by atoms with Crippen LogP contribution in [-0.4, -0.2) is 14.5 Å². The molecular weight excluding hydrogens is 290 g/mol.